The maximum Gasteiger partial charge on any atom is 0.124 e. The maximum absolute atomic E-state index is 13.0. The van der Waals surface area contributed by atoms with Crippen molar-refractivity contribution in [2.75, 3.05) is 25.1 Å². The van der Waals surface area contributed by atoms with E-state index in [-0.39, 0.29) is 5.82 Å². The molecule has 2 rings (SSSR count). The van der Waals surface area contributed by atoms with Gasteiger partial charge in [-0.05, 0) is 47.5 Å². The van der Waals surface area contributed by atoms with Crippen LogP contribution in [0.3, 0.4) is 0 Å². The van der Waals surface area contributed by atoms with Crippen LogP contribution in [0.1, 0.15) is 13.3 Å². The first-order chi connectivity index (χ1) is 8.65. The van der Waals surface area contributed by atoms with E-state index in [2.05, 4.69) is 33.5 Å². The first kappa shape index (κ1) is 13.8. The zero-order valence-electron chi connectivity index (χ0n) is 10.4. The second-order valence-electron chi connectivity index (χ2n) is 4.63. The molecule has 1 aliphatic heterocycles. The summed E-state index contributed by atoms with van der Waals surface area (Å²) in [6, 6.07) is 5.37. The molecule has 1 aromatic rings. The summed E-state index contributed by atoms with van der Waals surface area (Å²) >= 11 is 3.36. The number of halogens is 2. The minimum absolute atomic E-state index is 0.234. The van der Waals surface area contributed by atoms with E-state index >= 15 is 0 Å². The highest BCUT2D eigenvalue weighted by molar-refractivity contribution is 9.10. The monoisotopic (exact) mass is 316 g/mol. The van der Waals surface area contributed by atoms with E-state index in [1.165, 1.54) is 12.1 Å². The SMILES string of the molecule is CC(CC1COCCN1)Nc1ccc(F)cc1Br. The second kappa shape index (κ2) is 6.50. The third kappa shape index (κ3) is 3.93. The molecule has 1 aliphatic rings. The summed E-state index contributed by atoms with van der Waals surface area (Å²) in [5.41, 5.74) is 0.917. The molecule has 0 saturated carbocycles. The van der Waals surface area contributed by atoms with E-state index in [0.717, 1.165) is 36.3 Å². The Kier molecular flexibility index (Phi) is 4.97. The predicted molar refractivity (Wildman–Crippen MR) is 74.4 cm³/mol. The summed E-state index contributed by atoms with van der Waals surface area (Å²) in [5.74, 6) is -0.234. The lowest BCUT2D eigenvalue weighted by atomic mass is 10.1. The Morgan fingerprint density at radius 2 is 2.44 bits per heavy atom. The van der Waals surface area contributed by atoms with E-state index in [4.69, 9.17) is 4.74 Å². The molecule has 2 unspecified atom stereocenters. The zero-order valence-corrected chi connectivity index (χ0v) is 12.0. The molecule has 1 heterocycles. The summed E-state index contributed by atoms with van der Waals surface area (Å²) in [5, 5.41) is 6.80. The van der Waals surface area contributed by atoms with Gasteiger partial charge in [0, 0.05) is 28.8 Å². The molecule has 0 amide bonds. The Balaban J connectivity index is 1.87. The van der Waals surface area contributed by atoms with Gasteiger partial charge in [-0.1, -0.05) is 0 Å². The molecule has 1 fully saturated rings. The van der Waals surface area contributed by atoms with E-state index < -0.39 is 0 Å². The number of rotatable bonds is 4. The number of benzene rings is 1. The molecule has 0 bridgehead atoms. The summed E-state index contributed by atoms with van der Waals surface area (Å²) in [6.07, 6.45) is 0.976. The average molecular weight is 317 g/mol. The molecule has 1 aromatic carbocycles. The Bertz CT molecular complexity index is 397. The maximum atomic E-state index is 13.0. The number of anilines is 1. The first-order valence-corrected chi connectivity index (χ1v) is 6.97. The molecule has 2 N–H and O–H groups in total. The lowest BCUT2D eigenvalue weighted by molar-refractivity contribution is 0.0731. The highest BCUT2D eigenvalue weighted by Gasteiger charge is 2.16. The molecular weight excluding hydrogens is 299 g/mol. The standard InChI is InChI=1S/C13H18BrFN2O/c1-9(6-11-8-18-5-4-16-11)17-13-3-2-10(15)7-12(13)14/h2-3,7,9,11,16-17H,4-6,8H2,1H3. The normalized spacial score (nSPS) is 21.6. The molecule has 1 saturated heterocycles. The summed E-state index contributed by atoms with van der Waals surface area (Å²) in [4.78, 5) is 0. The van der Waals surface area contributed by atoms with Crippen molar-refractivity contribution in [3.05, 3.63) is 28.5 Å². The van der Waals surface area contributed by atoms with Crippen LogP contribution in [-0.4, -0.2) is 31.8 Å². The van der Waals surface area contributed by atoms with Gasteiger partial charge in [-0.15, -0.1) is 0 Å². The average Bonchev–Trinajstić information content (AvgIpc) is 2.34. The van der Waals surface area contributed by atoms with Crippen molar-refractivity contribution in [3.63, 3.8) is 0 Å². The molecule has 18 heavy (non-hydrogen) atoms. The van der Waals surface area contributed by atoms with Crippen LogP contribution < -0.4 is 10.6 Å². The van der Waals surface area contributed by atoms with Crippen LogP contribution in [0, 0.1) is 5.82 Å². The zero-order chi connectivity index (χ0) is 13.0. The van der Waals surface area contributed by atoms with Crippen LogP contribution in [0.4, 0.5) is 10.1 Å². The molecule has 2 atom stereocenters. The molecule has 3 nitrogen and oxygen atoms in total. The summed E-state index contributed by atoms with van der Waals surface area (Å²) in [6.45, 7) is 4.59. The fraction of sp³-hybridized carbons (Fsp3) is 0.538. The highest BCUT2D eigenvalue weighted by Crippen LogP contribution is 2.24. The van der Waals surface area contributed by atoms with Gasteiger partial charge >= 0.3 is 0 Å². The Morgan fingerprint density at radius 3 is 3.11 bits per heavy atom. The van der Waals surface area contributed by atoms with Crippen molar-refractivity contribution in [2.45, 2.75) is 25.4 Å². The largest absolute Gasteiger partial charge is 0.382 e. The van der Waals surface area contributed by atoms with Crippen molar-refractivity contribution in [1.82, 2.24) is 5.32 Å². The molecule has 0 radical (unpaired) electrons. The van der Waals surface area contributed by atoms with Gasteiger partial charge in [0.15, 0.2) is 0 Å². The fourth-order valence-corrected chi connectivity index (χ4v) is 2.59. The molecule has 0 aliphatic carbocycles. The summed E-state index contributed by atoms with van der Waals surface area (Å²) < 4.78 is 19.1. The quantitative estimate of drug-likeness (QED) is 0.896. The number of nitrogens with one attached hydrogen (secondary N) is 2. The third-order valence-electron chi connectivity index (χ3n) is 2.97. The van der Waals surface area contributed by atoms with Crippen molar-refractivity contribution in [1.29, 1.82) is 0 Å². The van der Waals surface area contributed by atoms with Gasteiger partial charge in [-0.3, -0.25) is 0 Å². The molecule has 5 heteroatoms. The highest BCUT2D eigenvalue weighted by atomic mass is 79.9. The van der Waals surface area contributed by atoms with Crippen molar-refractivity contribution < 1.29 is 9.13 Å². The summed E-state index contributed by atoms with van der Waals surface area (Å²) in [7, 11) is 0. The van der Waals surface area contributed by atoms with E-state index in [1.807, 2.05) is 0 Å². The number of ether oxygens (including phenoxy) is 1. The first-order valence-electron chi connectivity index (χ1n) is 6.18. The minimum Gasteiger partial charge on any atom is -0.382 e. The van der Waals surface area contributed by atoms with Gasteiger partial charge in [0.05, 0.1) is 13.2 Å². The van der Waals surface area contributed by atoms with E-state index in [1.54, 1.807) is 6.07 Å². The van der Waals surface area contributed by atoms with Crippen molar-refractivity contribution in [2.24, 2.45) is 0 Å². The van der Waals surface area contributed by atoms with Gasteiger partial charge in [-0.2, -0.15) is 0 Å². The lowest BCUT2D eigenvalue weighted by Crippen LogP contribution is -2.43. The van der Waals surface area contributed by atoms with Gasteiger partial charge in [0.25, 0.3) is 0 Å². The van der Waals surface area contributed by atoms with Gasteiger partial charge in [-0.25, -0.2) is 4.39 Å². The third-order valence-corrected chi connectivity index (χ3v) is 3.63. The number of morpholine rings is 1. The topological polar surface area (TPSA) is 33.3 Å². The van der Waals surface area contributed by atoms with Crippen molar-refractivity contribution in [3.8, 4) is 0 Å². The Morgan fingerprint density at radius 1 is 1.61 bits per heavy atom. The van der Waals surface area contributed by atoms with Crippen LogP contribution in [0.15, 0.2) is 22.7 Å². The van der Waals surface area contributed by atoms with Gasteiger partial charge in [0.1, 0.15) is 5.82 Å². The fourth-order valence-electron chi connectivity index (χ4n) is 2.13. The van der Waals surface area contributed by atoms with Crippen LogP contribution in [0.2, 0.25) is 0 Å². The number of hydrogen-bond acceptors (Lipinski definition) is 3. The van der Waals surface area contributed by atoms with Gasteiger partial charge in [0.2, 0.25) is 0 Å². The minimum atomic E-state index is -0.234. The molecule has 0 aromatic heterocycles. The van der Waals surface area contributed by atoms with Crippen LogP contribution in [0.5, 0.6) is 0 Å². The van der Waals surface area contributed by atoms with Crippen LogP contribution in [-0.2, 0) is 4.74 Å². The molecular formula is C13H18BrFN2O. The molecule has 100 valence electrons. The Hall–Kier alpha value is -0.650. The Labute approximate surface area is 115 Å². The van der Waals surface area contributed by atoms with Crippen molar-refractivity contribution >= 4 is 21.6 Å². The van der Waals surface area contributed by atoms with Crippen LogP contribution >= 0.6 is 15.9 Å². The van der Waals surface area contributed by atoms with Crippen LogP contribution in [0.25, 0.3) is 0 Å². The smallest absolute Gasteiger partial charge is 0.124 e. The van der Waals surface area contributed by atoms with E-state index in [9.17, 15) is 4.39 Å². The molecule has 0 spiro atoms. The van der Waals surface area contributed by atoms with Gasteiger partial charge < -0.3 is 15.4 Å². The second-order valence-corrected chi connectivity index (χ2v) is 5.49. The lowest BCUT2D eigenvalue weighted by Gasteiger charge is -2.27. The predicted octanol–water partition coefficient (Wildman–Crippen LogP) is 2.77. The van der Waals surface area contributed by atoms with E-state index in [0.29, 0.717) is 12.1 Å². The number of hydrogen-bond donors (Lipinski definition) is 2.